The molecule has 6 nitrogen and oxygen atoms in total. The molecule has 3 rings (SSSR count). The average Bonchev–Trinajstić information content (AvgIpc) is 2.55. The standard InChI is InChI=1S/C16H24N2O4S/c1-13-7-5-6-10-18(13)23(19,20)17(2)11-14-12-21-15-8-3-4-9-16(15)22-14/h3-4,8-9,13-14H,5-7,10-12H2,1-2H3/t13-,14+/m0/s1. The van der Waals surface area contributed by atoms with Gasteiger partial charge in [-0.1, -0.05) is 18.6 Å². The van der Waals surface area contributed by atoms with Gasteiger partial charge in [-0.3, -0.25) is 0 Å². The normalized spacial score (nSPS) is 25.5. The summed E-state index contributed by atoms with van der Waals surface area (Å²) in [6, 6.07) is 7.50. The number of hydrogen-bond donors (Lipinski definition) is 0. The summed E-state index contributed by atoms with van der Waals surface area (Å²) < 4.78 is 40.1. The van der Waals surface area contributed by atoms with Gasteiger partial charge in [0.15, 0.2) is 11.5 Å². The quantitative estimate of drug-likeness (QED) is 0.840. The molecular weight excluding hydrogens is 316 g/mol. The highest BCUT2D eigenvalue weighted by Crippen LogP contribution is 2.31. The Hall–Kier alpha value is -1.31. The summed E-state index contributed by atoms with van der Waals surface area (Å²) >= 11 is 0. The number of rotatable bonds is 4. The Morgan fingerprint density at radius 2 is 2.00 bits per heavy atom. The second kappa shape index (κ2) is 6.67. The summed E-state index contributed by atoms with van der Waals surface area (Å²) in [5.41, 5.74) is 0. The molecule has 0 N–H and O–H groups in total. The van der Waals surface area contributed by atoms with Crippen LogP contribution in [0.5, 0.6) is 11.5 Å². The Balaban J connectivity index is 1.66. The van der Waals surface area contributed by atoms with Gasteiger partial charge in [-0.2, -0.15) is 17.0 Å². The number of nitrogens with zero attached hydrogens (tertiary/aromatic N) is 2. The monoisotopic (exact) mass is 340 g/mol. The molecule has 23 heavy (non-hydrogen) atoms. The van der Waals surface area contributed by atoms with Gasteiger partial charge in [-0.25, -0.2) is 0 Å². The molecule has 128 valence electrons. The van der Waals surface area contributed by atoms with Crippen molar-refractivity contribution in [3.8, 4) is 11.5 Å². The van der Waals surface area contributed by atoms with Crippen LogP contribution in [-0.2, 0) is 10.2 Å². The summed E-state index contributed by atoms with van der Waals surface area (Å²) in [4.78, 5) is 0. The van der Waals surface area contributed by atoms with Gasteiger partial charge in [0.05, 0.1) is 6.54 Å². The molecule has 0 spiro atoms. The predicted octanol–water partition coefficient (Wildman–Crippen LogP) is 1.88. The van der Waals surface area contributed by atoms with Crippen LogP contribution < -0.4 is 9.47 Å². The van der Waals surface area contributed by atoms with E-state index in [1.54, 1.807) is 11.4 Å². The van der Waals surface area contributed by atoms with Crippen molar-refractivity contribution in [3.05, 3.63) is 24.3 Å². The van der Waals surface area contributed by atoms with Crippen molar-refractivity contribution in [1.29, 1.82) is 0 Å². The van der Waals surface area contributed by atoms with E-state index >= 15 is 0 Å². The SMILES string of the molecule is C[C@H]1CCCCN1S(=O)(=O)N(C)C[C@@H]1COc2ccccc2O1. The van der Waals surface area contributed by atoms with E-state index in [0.29, 0.717) is 24.7 Å². The Morgan fingerprint density at radius 3 is 2.74 bits per heavy atom. The third-order valence-corrected chi connectivity index (χ3v) is 6.53. The first kappa shape index (κ1) is 16.5. The van der Waals surface area contributed by atoms with Gasteiger partial charge in [0.1, 0.15) is 12.7 Å². The van der Waals surface area contributed by atoms with Crippen LogP contribution >= 0.6 is 0 Å². The topological polar surface area (TPSA) is 59.1 Å². The molecule has 0 aromatic heterocycles. The Morgan fingerprint density at radius 1 is 1.26 bits per heavy atom. The zero-order chi connectivity index (χ0) is 16.4. The van der Waals surface area contributed by atoms with Crippen LogP contribution in [0.3, 0.4) is 0 Å². The molecule has 0 amide bonds. The highest BCUT2D eigenvalue weighted by Gasteiger charge is 2.34. The molecule has 1 fully saturated rings. The Kier molecular flexibility index (Phi) is 4.79. The van der Waals surface area contributed by atoms with E-state index in [0.717, 1.165) is 19.3 Å². The molecule has 0 saturated carbocycles. The lowest BCUT2D eigenvalue weighted by Gasteiger charge is -2.36. The minimum Gasteiger partial charge on any atom is -0.486 e. The van der Waals surface area contributed by atoms with E-state index in [4.69, 9.17) is 9.47 Å². The Labute approximate surface area is 138 Å². The van der Waals surface area contributed by atoms with Crippen LogP contribution in [0.25, 0.3) is 0 Å². The van der Waals surface area contributed by atoms with Crippen molar-refractivity contribution in [2.24, 2.45) is 0 Å². The molecule has 2 atom stereocenters. The van der Waals surface area contributed by atoms with E-state index in [1.807, 2.05) is 31.2 Å². The van der Waals surface area contributed by atoms with Crippen molar-refractivity contribution in [2.75, 3.05) is 26.7 Å². The minimum atomic E-state index is -3.46. The molecule has 0 radical (unpaired) electrons. The fourth-order valence-electron chi connectivity index (χ4n) is 3.13. The van der Waals surface area contributed by atoms with Gasteiger partial charge in [-0.15, -0.1) is 0 Å². The number of benzene rings is 1. The zero-order valence-electron chi connectivity index (χ0n) is 13.6. The number of hydrogen-bond acceptors (Lipinski definition) is 4. The third kappa shape index (κ3) is 3.46. The summed E-state index contributed by atoms with van der Waals surface area (Å²) in [5.74, 6) is 1.37. The van der Waals surface area contributed by atoms with E-state index in [-0.39, 0.29) is 18.7 Å². The van der Waals surface area contributed by atoms with Gasteiger partial charge in [0.25, 0.3) is 10.2 Å². The molecule has 0 bridgehead atoms. The number of para-hydroxylation sites is 2. The summed E-state index contributed by atoms with van der Waals surface area (Å²) in [7, 11) is -1.85. The van der Waals surface area contributed by atoms with E-state index < -0.39 is 10.2 Å². The Bertz CT molecular complexity index is 649. The maximum absolute atomic E-state index is 12.8. The first-order chi connectivity index (χ1) is 11.0. The maximum atomic E-state index is 12.8. The lowest BCUT2D eigenvalue weighted by atomic mass is 10.1. The molecule has 0 unspecified atom stereocenters. The molecule has 0 aliphatic carbocycles. The molecule has 1 aromatic carbocycles. The molecule has 7 heteroatoms. The first-order valence-electron chi connectivity index (χ1n) is 8.10. The van der Waals surface area contributed by atoms with Gasteiger partial charge >= 0.3 is 0 Å². The largest absolute Gasteiger partial charge is 0.486 e. The second-order valence-corrected chi connectivity index (χ2v) is 8.23. The summed E-state index contributed by atoms with van der Waals surface area (Å²) in [6.07, 6.45) is 2.63. The molecule has 1 saturated heterocycles. The number of ether oxygens (including phenoxy) is 2. The van der Waals surface area contributed by atoms with E-state index in [9.17, 15) is 8.42 Å². The molecule has 1 aromatic rings. The third-order valence-electron chi connectivity index (χ3n) is 4.46. The number of fused-ring (bicyclic) bond motifs is 1. The molecular formula is C16H24N2O4S. The highest BCUT2D eigenvalue weighted by molar-refractivity contribution is 7.86. The lowest BCUT2D eigenvalue weighted by molar-refractivity contribution is 0.0781. The maximum Gasteiger partial charge on any atom is 0.282 e. The van der Waals surface area contributed by atoms with E-state index in [2.05, 4.69) is 0 Å². The van der Waals surface area contributed by atoms with Gasteiger partial charge < -0.3 is 9.47 Å². The van der Waals surface area contributed by atoms with Gasteiger partial charge in [-0.05, 0) is 31.9 Å². The fraction of sp³-hybridized carbons (Fsp3) is 0.625. The van der Waals surface area contributed by atoms with Crippen LogP contribution in [-0.4, -0.2) is 55.9 Å². The molecule has 2 aliphatic heterocycles. The van der Waals surface area contributed by atoms with Gasteiger partial charge in [0.2, 0.25) is 0 Å². The number of piperidine rings is 1. The van der Waals surface area contributed by atoms with Crippen LogP contribution in [0.1, 0.15) is 26.2 Å². The minimum absolute atomic E-state index is 0.0560. The predicted molar refractivity (Wildman–Crippen MR) is 87.9 cm³/mol. The van der Waals surface area contributed by atoms with Crippen molar-refractivity contribution >= 4 is 10.2 Å². The average molecular weight is 340 g/mol. The lowest BCUT2D eigenvalue weighted by Crippen LogP contribution is -2.51. The first-order valence-corrected chi connectivity index (χ1v) is 9.50. The van der Waals surface area contributed by atoms with Crippen LogP contribution in [0, 0.1) is 0 Å². The van der Waals surface area contributed by atoms with Crippen molar-refractivity contribution in [1.82, 2.24) is 8.61 Å². The summed E-state index contributed by atoms with van der Waals surface area (Å²) in [6.45, 7) is 3.20. The van der Waals surface area contributed by atoms with Crippen LogP contribution in [0.2, 0.25) is 0 Å². The van der Waals surface area contributed by atoms with Crippen molar-refractivity contribution < 1.29 is 17.9 Å². The second-order valence-electron chi connectivity index (χ2n) is 6.24. The highest BCUT2D eigenvalue weighted by atomic mass is 32.2. The smallest absolute Gasteiger partial charge is 0.282 e. The fourth-order valence-corrected chi connectivity index (χ4v) is 4.76. The zero-order valence-corrected chi connectivity index (χ0v) is 14.5. The number of likely N-dealkylation sites (N-methyl/N-ethyl adjacent to an activating group) is 1. The van der Waals surface area contributed by atoms with E-state index in [1.165, 1.54) is 4.31 Å². The van der Waals surface area contributed by atoms with Crippen molar-refractivity contribution in [3.63, 3.8) is 0 Å². The van der Waals surface area contributed by atoms with Crippen LogP contribution in [0.4, 0.5) is 0 Å². The molecule has 2 heterocycles. The van der Waals surface area contributed by atoms with Crippen molar-refractivity contribution in [2.45, 2.75) is 38.3 Å². The molecule has 2 aliphatic rings. The van der Waals surface area contributed by atoms with Gasteiger partial charge in [0, 0.05) is 19.6 Å². The van der Waals surface area contributed by atoms with Crippen LogP contribution in [0.15, 0.2) is 24.3 Å². The summed E-state index contributed by atoms with van der Waals surface area (Å²) in [5, 5.41) is 0.